The van der Waals surface area contributed by atoms with Crippen LogP contribution >= 0.6 is 0 Å². The van der Waals surface area contributed by atoms with Crippen molar-refractivity contribution in [2.75, 3.05) is 26.4 Å². The first-order valence-corrected chi connectivity index (χ1v) is 22.0. The quantitative estimate of drug-likeness (QED) is 0.272. The summed E-state index contributed by atoms with van der Waals surface area (Å²) < 4.78 is 14.7. The van der Waals surface area contributed by atoms with E-state index in [0.717, 1.165) is 26.4 Å². The van der Waals surface area contributed by atoms with Gasteiger partial charge < -0.3 is 14.1 Å². The molecule has 0 aromatic carbocycles. The summed E-state index contributed by atoms with van der Waals surface area (Å²) in [5.41, 5.74) is 0. The molecule has 4 aliphatic rings. The maximum Gasteiger partial charge on any atom is 1.00 e. The van der Waals surface area contributed by atoms with Gasteiger partial charge in [0.15, 0.2) is 0 Å². The molecule has 0 aromatic rings. The minimum atomic E-state index is -1.11. The van der Waals surface area contributed by atoms with Gasteiger partial charge in [-0.15, -0.1) is 0 Å². The Morgan fingerprint density at radius 2 is 0.537 bits per heavy atom. The Bertz CT molecular complexity index is 466. The van der Waals surface area contributed by atoms with Crippen LogP contribution in [0.4, 0.5) is 0 Å². The molecule has 0 N–H and O–H groups in total. The van der Waals surface area contributed by atoms with Crippen molar-refractivity contribution in [2.45, 2.75) is 134 Å². The molecule has 4 rings (SSSR count). The molecule has 2 saturated heterocycles. The average Bonchev–Trinajstić information content (AvgIpc) is 3.65. The van der Waals surface area contributed by atoms with Crippen LogP contribution in [0.2, 0.25) is 39.3 Å². The maximum atomic E-state index is 4.94. The number of hydrogen-bond donors (Lipinski definition) is 0. The van der Waals surface area contributed by atoms with Crippen LogP contribution in [0.15, 0.2) is 0 Å². The Labute approximate surface area is 337 Å². The molecule has 4 fully saturated rings. The van der Waals surface area contributed by atoms with Gasteiger partial charge in [-0.25, -0.2) is 0 Å². The predicted molar refractivity (Wildman–Crippen MR) is 179 cm³/mol. The first-order chi connectivity index (χ1) is 17.8. The van der Waals surface area contributed by atoms with E-state index < -0.39 is 16.5 Å². The molecule has 0 amide bonds. The summed E-state index contributed by atoms with van der Waals surface area (Å²) in [4.78, 5) is 0. The van der Waals surface area contributed by atoms with Gasteiger partial charge in [0, 0.05) is 66.8 Å². The van der Waals surface area contributed by atoms with Crippen molar-refractivity contribution in [1.29, 1.82) is 0 Å². The van der Waals surface area contributed by atoms with Gasteiger partial charge >= 0.3 is 51.4 Å². The minimum absolute atomic E-state index is 0. The SMILES string of the molecule is C1CCOC1.C1CCOC1.C[C]1[C](C)[C](C)[C](C)[C]1C.C[C]1[C](C)[C](C)[C](C)[C]1C.C[Si](C)(C)[N-][Si](C)(C)C.[K+].[Sm]. The first-order valence-electron chi connectivity index (χ1n) is 15.1. The third-order valence-corrected chi connectivity index (χ3v) is 13.3. The van der Waals surface area contributed by atoms with Crippen LogP contribution in [0.5, 0.6) is 0 Å². The summed E-state index contributed by atoms with van der Waals surface area (Å²) in [6, 6.07) is 0. The van der Waals surface area contributed by atoms with Crippen LogP contribution < -0.4 is 51.4 Å². The molecule has 2 saturated carbocycles. The fraction of sp³-hybridized carbons (Fsp3) is 0.706. The van der Waals surface area contributed by atoms with Crippen molar-refractivity contribution in [3.8, 4) is 0 Å². The monoisotopic (exact) mass is 765 g/mol. The summed E-state index contributed by atoms with van der Waals surface area (Å²) in [5, 5.41) is 0. The molecule has 41 heavy (non-hydrogen) atoms. The third-order valence-electron chi connectivity index (χ3n) is 7.95. The maximum absolute atomic E-state index is 4.94. The van der Waals surface area contributed by atoms with Crippen LogP contribution in [0, 0.1) is 99.6 Å². The Morgan fingerprint density at radius 3 is 0.585 bits per heavy atom. The van der Waals surface area contributed by atoms with Gasteiger partial charge in [0.05, 0.1) is 0 Å². The molecule has 0 aromatic heterocycles. The number of ether oxygens (including phenoxy) is 2. The zero-order valence-corrected chi connectivity index (χ0v) is 38.1. The van der Waals surface area contributed by atoms with Gasteiger partial charge in [-0.3, -0.25) is 0 Å². The smallest absolute Gasteiger partial charge is 0.668 e. The summed E-state index contributed by atoms with van der Waals surface area (Å²) in [5.74, 6) is 14.7. The van der Waals surface area contributed by atoms with Gasteiger partial charge in [-0.05, 0) is 84.9 Å². The van der Waals surface area contributed by atoms with E-state index >= 15 is 0 Å². The Kier molecular flexibility index (Phi) is 29.0. The summed E-state index contributed by atoms with van der Waals surface area (Å²) in [7, 11) is -2.21. The molecule has 0 unspecified atom stereocenters. The molecule has 2 aliphatic heterocycles. The number of nitrogens with zero attached hydrogens (tertiary/aromatic N) is 1. The molecule has 232 valence electrons. The molecule has 0 spiro atoms. The van der Waals surface area contributed by atoms with Gasteiger partial charge in [0.25, 0.3) is 0 Å². The fourth-order valence-corrected chi connectivity index (χ4v) is 12.9. The van der Waals surface area contributed by atoms with Crippen LogP contribution in [0.25, 0.3) is 4.65 Å². The van der Waals surface area contributed by atoms with Crippen molar-refractivity contribution in [2.24, 2.45) is 0 Å². The minimum Gasteiger partial charge on any atom is -0.668 e. The van der Waals surface area contributed by atoms with E-state index in [2.05, 4.69) is 109 Å². The van der Waals surface area contributed by atoms with E-state index in [9.17, 15) is 0 Å². The van der Waals surface area contributed by atoms with Crippen molar-refractivity contribution in [1.82, 2.24) is 0 Å². The average molecular weight is 765 g/mol. The van der Waals surface area contributed by atoms with E-state index in [1.54, 1.807) is 0 Å². The van der Waals surface area contributed by atoms with Crippen LogP contribution in [0.1, 0.15) is 94.9 Å². The van der Waals surface area contributed by atoms with E-state index in [0.29, 0.717) is 0 Å². The molecular weight excluding hydrogens is 700 g/mol. The summed E-state index contributed by atoms with van der Waals surface area (Å²) in [6.45, 7) is 39.8. The third kappa shape index (κ3) is 21.0. The fourth-order valence-electron chi connectivity index (χ4n) is 4.84. The zero-order chi connectivity index (χ0) is 30.6. The van der Waals surface area contributed by atoms with E-state index in [4.69, 9.17) is 14.1 Å². The van der Waals surface area contributed by atoms with Crippen LogP contribution in [-0.2, 0) is 9.47 Å². The van der Waals surface area contributed by atoms with Crippen molar-refractivity contribution < 1.29 is 101 Å². The van der Waals surface area contributed by atoms with Crippen molar-refractivity contribution >= 4 is 16.5 Å². The van der Waals surface area contributed by atoms with Gasteiger partial charge in [-0.2, -0.15) is 0 Å². The van der Waals surface area contributed by atoms with Gasteiger partial charge in [0.2, 0.25) is 0 Å². The second kappa shape index (κ2) is 24.4. The van der Waals surface area contributed by atoms with Crippen molar-refractivity contribution in [3.05, 3.63) is 63.8 Å². The molecular formula is C34H64KNO2Si2Sm. The molecule has 0 bridgehead atoms. The second-order valence-electron chi connectivity index (χ2n) is 13.3. The number of hydrogen-bond acceptors (Lipinski definition) is 2. The molecule has 0 atom stereocenters. The van der Waals surface area contributed by atoms with Crippen LogP contribution in [-0.4, -0.2) is 42.9 Å². The van der Waals surface area contributed by atoms with Crippen LogP contribution in [0.3, 0.4) is 0 Å². The Morgan fingerprint density at radius 1 is 0.390 bits per heavy atom. The van der Waals surface area contributed by atoms with Gasteiger partial charge in [0.1, 0.15) is 0 Å². The first kappa shape index (κ1) is 48.7. The van der Waals surface area contributed by atoms with E-state index in [1.165, 1.54) is 84.9 Å². The number of rotatable bonds is 2. The standard InChI is InChI=1S/2C10H15.C6H18NSi2.2C4H8O.K.Sm/c2*1-6-7(2)9(4)10(5)8(6)3;1-8(2,3)7-9(4,5)6;2*1-2-4-5-3-1;;/h2*1-5H3;1-6H3;2*1-4H2;;/q;;-1;;;+1;. The molecule has 7 heteroatoms. The van der Waals surface area contributed by atoms with E-state index in [-0.39, 0.29) is 91.8 Å². The zero-order valence-electron chi connectivity index (χ0n) is 30.3. The Balaban J connectivity index is -0.000000446. The summed E-state index contributed by atoms with van der Waals surface area (Å²) >= 11 is 0. The molecule has 10 radical (unpaired) electrons. The van der Waals surface area contributed by atoms with Crippen molar-refractivity contribution in [3.63, 3.8) is 0 Å². The van der Waals surface area contributed by atoms with Gasteiger partial charge in [-0.1, -0.05) is 125 Å². The largest absolute Gasteiger partial charge is 1.00 e. The molecule has 2 heterocycles. The topological polar surface area (TPSA) is 32.6 Å². The second-order valence-corrected chi connectivity index (χ2v) is 22.9. The predicted octanol–water partition coefficient (Wildman–Crippen LogP) is 7.57. The normalized spacial score (nSPS) is 22.8. The molecule has 3 nitrogen and oxygen atoms in total. The summed E-state index contributed by atoms with van der Waals surface area (Å²) in [6.07, 6.45) is 5.11. The van der Waals surface area contributed by atoms with E-state index in [1.807, 2.05) is 0 Å². The Hall–Kier alpha value is 3.29. The molecule has 2 aliphatic carbocycles.